The van der Waals surface area contributed by atoms with Gasteiger partial charge in [-0.15, -0.1) is 0 Å². The SMILES string of the molecule is C=C(C[C@H](OCc1ccc(OC)cc1)C(C)C)OB(CCCC)CCCC. The first kappa shape index (κ1) is 23.6. The van der Waals surface area contributed by atoms with Crippen molar-refractivity contribution < 1.29 is 14.1 Å². The van der Waals surface area contributed by atoms with Crippen molar-refractivity contribution in [3.05, 3.63) is 42.2 Å². The molecule has 0 amide bonds. The summed E-state index contributed by atoms with van der Waals surface area (Å²) in [6.07, 6.45) is 7.94. The van der Waals surface area contributed by atoms with Crippen molar-refractivity contribution in [2.45, 2.75) is 85.2 Å². The number of unbranched alkanes of at least 4 members (excludes halogenated alkanes) is 2. The zero-order valence-corrected chi connectivity index (χ0v) is 18.1. The summed E-state index contributed by atoms with van der Waals surface area (Å²) in [7, 11) is 1.68. The van der Waals surface area contributed by atoms with Crippen molar-refractivity contribution >= 4 is 6.92 Å². The average molecular weight is 374 g/mol. The Bertz CT molecular complexity index is 505. The molecule has 1 aromatic carbocycles. The fourth-order valence-electron chi connectivity index (χ4n) is 3.05. The van der Waals surface area contributed by atoms with E-state index in [9.17, 15) is 0 Å². The minimum Gasteiger partial charge on any atom is -0.564 e. The molecule has 1 aromatic rings. The molecule has 1 rings (SSSR count). The van der Waals surface area contributed by atoms with Crippen LogP contribution >= 0.6 is 0 Å². The first-order valence-corrected chi connectivity index (χ1v) is 10.6. The normalized spacial score (nSPS) is 12.1. The first-order valence-electron chi connectivity index (χ1n) is 10.6. The maximum atomic E-state index is 6.23. The summed E-state index contributed by atoms with van der Waals surface area (Å²) >= 11 is 0. The number of methoxy groups -OCH3 is 1. The molecule has 0 aliphatic rings. The van der Waals surface area contributed by atoms with Crippen LogP contribution in [0.3, 0.4) is 0 Å². The Morgan fingerprint density at radius 1 is 1.04 bits per heavy atom. The highest BCUT2D eigenvalue weighted by Crippen LogP contribution is 2.22. The van der Waals surface area contributed by atoms with Crippen molar-refractivity contribution in [1.82, 2.24) is 0 Å². The number of rotatable bonds is 15. The smallest absolute Gasteiger partial charge is 0.357 e. The molecule has 0 unspecified atom stereocenters. The Morgan fingerprint density at radius 2 is 1.63 bits per heavy atom. The van der Waals surface area contributed by atoms with Gasteiger partial charge in [-0.1, -0.05) is 72.1 Å². The quantitative estimate of drug-likeness (QED) is 0.251. The van der Waals surface area contributed by atoms with Gasteiger partial charge in [0.05, 0.1) is 25.6 Å². The predicted octanol–water partition coefficient (Wildman–Crippen LogP) is 6.75. The van der Waals surface area contributed by atoms with E-state index in [1.54, 1.807) is 7.11 Å². The standard InChI is InChI=1S/C23H39BO3/c1-7-9-15-24(16-10-8-2)27-20(5)17-23(19(3)4)26-18-21-11-13-22(25-6)14-12-21/h11-14,19,23H,5,7-10,15-18H2,1-4,6H3/t23-/m0/s1. The molecule has 1 atom stereocenters. The van der Waals surface area contributed by atoms with E-state index < -0.39 is 0 Å². The van der Waals surface area contributed by atoms with Crippen LogP contribution < -0.4 is 4.74 Å². The zero-order chi connectivity index (χ0) is 20.1. The van der Waals surface area contributed by atoms with Crippen molar-refractivity contribution in [1.29, 1.82) is 0 Å². The number of hydrogen-bond donors (Lipinski definition) is 0. The molecule has 152 valence electrons. The van der Waals surface area contributed by atoms with Crippen LogP contribution in [0.15, 0.2) is 36.6 Å². The molecular formula is C23H39BO3. The molecule has 0 aliphatic carbocycles. The number of ether oxygens (including phenoxy) is 2. The molecular weight excluding hydrogens is 335 g/mol. The van der Waals surface area contributed by atoms with Gasteiger partial charge in [0, 0.05) is 6.42 Å². The molecule has 0 fully saturated rings. The number of benzene rings is 1. The second kappa shape index (κ2) is 13.7. The Balaban J connectivity index is 2.53. The summed E-state index contributed by atoms with van der Waals surface area (Å²) in [5.74, 6) is 2.14. The van der Waals surface area contributed by atoms with Gasteiger partial charge in [-0.05, 0) is 36.3 Å². The van der Waals surface area contributed by atoms with Gasteiger partial charge >= 0.3 is 6.92 Å². The summed E-state index contributed by atoms with van der Waals surface area (Å²) < 4.78 is 17.6. The van der Waals surface area contributed by atoms with Gasteiger partial charge < -0.3 is 14.1 Å². The molecule has 0 aromatic heterocycles. The second-order valence-electron chi connectivity index (χ2n) is 7.71. The average Bonchev–Trinajstić information content (AvgIpc) is 2.67. The van der Waals surface area contributed by atoms with E-state index in [4.69, 9.17) is 14.1 Å². The van der Waals surface area contributed by atoms with Gasteiger partial charge in [0.25, 0.3) is 0 Å². The predicted molar refractivity (Wildman–Crippen MR) is 116 cm³/mol. The molecule has 0 radical (unpaired) electrons. The molecule has 0 saturated heterocycles. The second-order valence-corrected chi connectivity index (χ2v) is 7.71. The van der Waals surface area contributed by atoms with E-state index in [1.807, 2.05) is 24.3 Å². The van der Waals surface area contributed by atoms with E-state index in [1.165, 1.54) is 25.7 Å². The Morgan fingerprint density at radius 3 is 2.11 bits per heavy atom. The third-order valence-corrected chi connectivity index (χ3v) is 4.89. The van der Waals surface area contributed by atoms with Crippen LogP contribution in [0.2, 0.25) is 12.6 Å². The van der Waals surface area contributed by atoms with Crippen LogP contribution in [0.25, 0.3) is 0 Å². The van der Waals surface area contributed by atoms with Gasteiger partial charge in [-0.3, -0.25) is 0 Å². The lowest BCUT2D eigenvalue weighted by atomic mass is 9.59. The summed E-state index contributed by atoms with van der Waals surface area (Å²) in [5, 5.41) is 0. The molecule has 3 nitrogen and oxygen atoms in total. The lowest BCUT2D eigenvalue weighted by molar-refractivity contribution is 0.00615. The Hall–Kier alpha value is -1.42. The fourth-order valence-corrected chi connectivity index (χ4v) is 3.05. The Kier molecular flexibility index (Phi) is 12.0. The van der Waals surface area contributed by atoms with E-state index in [-0.39, 0.29) is 6.10 Å². The maximum absolute atomic E-state index is 6.23. The van der Waals surface area contributed by atoms with Gasteiger partial charge in [0.15, 0.2) is 0 Å². The molecule has 0 saturated carbocycles. The highest BCUT2D eigenvalue weighted by Gasteiger charge is 2.21. The van der Waals surface area contributed by atoms with Crippen molar-refractivity contribution in [2.24, 2.45) is 5.92 Å². The molecule has 4 heteroatoms. The van der Waals surface area contributed by atoms with Crippen molar-refractivity contribution in [2.75, 3.05) is 7.11 Å². The molecule has 0 aliphatic heterocycles. The minimum atomic E-state index is 0.109. The summed E-state index contributed by atoms with van der Waals surface area (Å²) in [5.41, 5.74) is 1.15. The van der Waals surface area contributed by atoms with Gasteiger partial charge in [0.1, 0.15) is 5.75 Å². The summed E-state index contributed by atoms with van der Waals surface area (Å²) in [4.78, 5) is 0. The highest BCUT2D eigenvalue weighted by atomic mass is 16.5. The summed E-state index contributed by atoms with van der Waals surface area (Å²) in [6.45, 7) is 13.9. The van der Waals surface area contributed by atoms with Gasteiger partial charge in [0.2, 0.25) is 0 Å². The van der Waals surface area contributed by atoms with Crippen LogP contribution in [0.4, 0.5) is 0 Å². The van der Waals surface area contributed by atoms with Crippen LogP contribution in [-0.2, 0) is 16.0 Å². The number of hydrogen-bond acceptors (Lipinski definition) is 3. The van der Waals surface area contributed by atoms with E-state index in [0.29, 0.717) is 19.4 Å². The first-order chi connectivity index (χ1) is 13.0. The van der Waals surface area contributed by atoms with E-state index in [2.05, 4.69) is 34.3 Å². The van der Waals surface area contributed by atoms with Crippen LogP contribution in [-0.4, -0.2) is 20.1 Å². The molecule has 0 heterocycles. The van der Waals surface area contributed by atoms with Gasteiger partial charge in [-0.2, -0.15) is 0 Å². The highest BCUT2D eigenvalue weighted by molar-refractivity contribution is 6.52. The molecule has 0 bridgehead atoms. The largest absolute Gasteiger partial charge is 0.564 e. The van der Waals surface area contributed by atoms with Crippen LogP contribution in [0, 0.1) is 5.92 Å². The third kappa shape index (κ3) is 9.90. The van der Waals surface area contributed by atoms with Crippen LogP contribution in [0.1, 0.15) is 65.4 Å². The van der Waals surface area contributed by atoms with Gasteiger partial charge in [-0.25, -0.2) is 0 Å². The molecule has 0 N–H and O–H groups in total. The minimum absolute atomic E-state index is 0.109. The maximum Gasteiger partial charge on any atom is 0.357 e. The van der Waals surface area contributed by atoms with Crippen molar-refractivity contribution in [3.8, 4) is 5.75 Å². The third-order valence-electron chi connectivity index (χ3n) is 4.89. The van der Waals surface area contributed by atoms with E-state index >= 15 is 0 Å². The lowest BCUT2D eigenvalue weighted by Gasteiger charge is -2.25. The van der Waals surface area contributed by atoms with Crippen molar-refractivity contribution in [3.63, 3.8) is 0 Å². The monoisotopic (exact) mass is 374 g/mol. The van der Waals surface area contributed by atoms with E-state index in [0.717, 1.165) is 36.1 Å². The summed E-state index contributed by atoms with van der Waals surface area (Å²) in [6, 6.07) is 8.04. The molecule has 27 heavy (non-hydrogen) atoms. The Labute approximate surface area is 167 Å². The van der Waals surface area contributed by atoms with Crippen LogP contribution in [0.5, 0.6) is 5.75 Å². The fraction of sp³-hybridized carbons (Fsp3) is 0.652. The lowest BCUT2D eigenvalue weighted by Crippen LogP contribution is -2.24. The topological polar surface area (TPSA) is 27.7 Å². The zero-order valence-electron chi connectivity index (χ0n) is 18.1. The molecule has 0 spiro atoms.